The normalized spacial score (nSPS) is 21.2. The van der Waals surface area contributed by atoms with Crippen LogP contribution in [0.5, 0.6) is 0 Å². The number of nitrogen functional groups attached to an aromatic ring is 1. The number of hydrogen-bond acceptors (Lipinski definition) is 4. The third kappa shape index (κ3) is 2.16. The first-order valence-corrected chi connectivity index (χ1v) is 7.74. The molecule has 5 heteroatoms. The number of rotatable bonds is 2. The Balaban J connectivity index is 1.88. The van der Waals surface area contributed by atoms with Crippen LogP contribution in [0.1, 0.15) is 42.8 Å². The molecule has 0 aliphatic heterocycles. The summed E-state index contributed by atoms with van der Waals surface area (Å²) in [4.78, 5) is 17.3. The summed E-state index contributed by atoms with van der Waals surface area (Å²) in [7, 11) is 0. The lowest BCUT2D eigenvalue weighted by atomic mass is 9.87. The van der Waals surface area contributed by atoms with Gasteiger partial charge in [0.2, 0.25) is 0 Å². The van der Waals surface area contributed by atoms with E-state index in [9.17, 15) is 4.79 Å². The van der Waals surface area contributed by atoms with Gasteiger partial charge in [-0.05, 0) is 30.4 Å². The van der Waals surface area contributed by atoms with Crippen LogP contribution in [-0.2, 0) is 0 Å². The van der Waals surface area contributed by atoms with Gasteiger partial charge < -0.3 is 11.1 Å². The number of nitrogens with two attached hydrogens (primary N) is 1. The third-order valence-electron chi connectivity index (χ3n) is 4.25. The summed E-state index contributed by atoms with van der Waals surface area (Å²) in [6.45, 7) is 4.42. The highest BCUT2D eigenvalue weighted by Gasteiger charge is 2.36. The molecule has 1 aliphatic rings. The number of amides is 1. The monoisotopic (exact) mass is 289 g/mol. The van der Waals surface area contributed by atoms with E-state index in [0.717, 1.165) is 23.1 Å². The van der Waals surface area contributed by atoms with Crippen molar-refractivity contribution >= 4 is 33.1 Å². The molecule has 3 rings (SSSR count). The van der Waals surface area contributed by atoms with Gasteiger partial charge in [0.15, 0.2) is 0 Å². The first-order chi connectivity index (χ1) is 9.49. The van der Waals surface area contributed by atoms with E-state index in [-0.39, 0.29) is 17.4 Å². The number of nitrogens with one attached hydrogen (secondary N) is 1. The van der Waals surface area contributed by atoms with Crippen LogP contribution in [0.3, 0.4) is 0 Å². The Hall–Kier alpha value is -1.62. The second-order valence-corrected chi connectivity index (χ2v) is 7.15. The minimum absolute atomic E-state index is 0.0644. The molecule has 3 N–H and O–H groups in total. The van der Waals surface area contributed by atoms with Gasteiger partial charge in [0.25, 0.3) is 5.91 Å². The average molecular weight is 289 g/mol. The number of carbonyl (C=O) groups excluding carboxylic acids is 1. The van der Waals surface area contributed by atoms with Crippen LogP contribution < -0.4 is 11.1 Å². The average Bonchev–Trinajstić information content (AvgIpc) is 2.91. The Morgan fingerprint density at radius 3 is 3.00 bits per heavy atom. The molecule has 1 fully saturated rings. The molecule has 0 bridgehead atoms. The molecule has 106 valence electrons. The van der Waals surface area contributed by atoms with Gasteiger partial charge in [-0.15, -0.1) is 11.3 Å². The van der Waals surface area contributed by atoms with E-state index >= 15 is 0 Å². The predicted octanol–water partition coefficient (Wildman–Crippen LogP) is 3.19. The molecule has 20 heavy (non-hydrogen) atoms. The minimum atomic E-state index is -0.0644. The molecule has 1 unspecified atom stereocenters. The highest BCUT2D eigenvalue weighted by atomic mass is 32.1. The summed E-state index contributed by atoms with van der Waals surface area (Å²) in [6.07, 6.45) is 5.07. The molecule has 0 saturated heterocycles. The molecule has 1 saturated carbocycles. The fraction of sp³-hybridized carbons (Fsp3) is 0.467. The number of anilines is 1. The van der Waals surface area contributed by atoms with Gasteiger partial charge in [-0.1, -0.05) is 20.3 Å². The summed E-state index contributed by atoms with van der Waals surface area (Å²) in [5.41, 5.74) is 7.46. The number of pyridine rings is 1. The molecule has 1 atom stereocenters. The highest BCUT2D eigenvalue weighted by Crippen LogP contribution is 2.38. The van der Waals surface area contributed by atoms with Crippen LogP contribution in [0.25, 0.3) is 10.2 Å². The molecule has 4 nitrogen and oxygen atoms in total. The van der Waals surface area contributed by atoms with E-state index in [1.165, 1.54) is 17.8 Å². The Labute approximate surface area is 122 Å². The van der Waals surface area contributed by atoms with Crippen molar-refractivity contribution in [1.29, 1.82) is 0 Å². The molecule has 2 aromatic heterocycles. The molecule has 2 heterocycles. The van der Waals surface area contributed by atoms with Gasteiger partial charge in [0, 0.05) is 12.2 Å². The second-order valence-electron chi connectivity index (χ2n) is 6.10. The summed E-state index contributed by atoms with van der Waals surface area (Å²) >= 11 is 1.42. The number of hydrogen-bond donors (Lipinski definition) is 2. The van der Waals surface area contributed by atoms with E-state index in [1.807, 2.05) is 12.1 Å². The summed E-state index contributed by atoms with van der Waals surface area (Å²) in [6, 6.07) is 4.03. The van der Waals surface area contributed by atoms with Crippen molar-refractivity contribution in [1.82, 2.24) is 10.3 Å². The van der Waals surface area contributed by atoms with Crippen molar-refractivity contribution in [2.75, 3.05) is 5.73 Å². The first-order valence-electron chi connectivity index (χ1n) is 6.93. The molecule has 1 amide bonds. The Morgan fingerprint density at radius 1 is 1.55 bits per heavy atom. The van der Waals surface area contributed by atoms with E-state index in [1.54, 1.807) is 6.20 Å². The van der Waals surface area contributed by atoms with Crippen molar-refractivity contribution in [3.63, 3.8) is 0 Å². The number of carbonyl (C=O) groups is 1. The zero-order chi connectivity index (χ0) is 14.3. The topological polar surface area (TPSA) is 68.0 Å². The molecular formula is C15H19N3OS. The Bertz CT molecular complexity index is 662. The second kappa shape index (κ2) is 4.74. The van der Waals surface area contributed by atoms with Gasteiger partial charge in [-0.3, -0.25) is 9.78 Å². The van der Waals surface area contributed by atoms with Crippen molar-refractivity contribution in [2.45, 2.75) is 39.2 Å². The fourth-order valence-electron chi connectivity index (χ4n) is 2.93. The zero-order valence-corrected chi connectivity index (χ0v) is 12.6. The SMILES string of the molecule is CC1(C)CCCC1NC(=O)c1sc2cccnc2c1N. The van der Waals surface area contributed by atoms with E-state index < -0.39 is 0 Å². The van der Waals surface area contributed by atoms with Crippen LogP contribution in [0.4, 0.5) is 5.69 Å². The molecule has 0 radical (unpaired) electrons. The molecular weight excluding hydrogens is 270 g/mol. The van der Waals surface area contributed by atoms with Crippen LogP contribution in [0, 0.1) is 5.41 Å². The van der Waals surface area contributed by atoms with Crippen molar-refractivity contribution in [2.24, 2.45) is 5.41 Å². The van der Waals surface area contributed by atoms with Crippen molar-refractivity contribution in [3.05, 3.63) is 23.2 Å². The first kappa shape index (κ1) is 13.4. The van der Waals surface area contributed by atoms with Gasteiger partial charge in [-0.2, -0.15) is 0 Å². The van der Waals surface area contributed by atoms with Gasteiger partial charge in [-0.25, -0.2) is 0 Å². The number of aromatic nitrogens is 1. The summed E-state index contributed by atoms with van der Waals surface area (Å²) in [5.74, 6) is -0.0644. The highest BCUT2D eigenvalue weighted by molar-refractivity contribution is 7.21. The van der Waals surface area contributed by atoms with Gasteiger partial charge in [0.1, 0.15) is 10.4 Å². The standard InChI is InChI=1S/C15H19N3OS/c1-15(2)7-3-6-10(15)18-14(19)13-11(16)12-9(20-13)5-4-8-17-12/h4-5,8,10H,3,6-7,16H2,1-2H3,(H,18,19). The smallest absolute Gasteiger partial charge is 0.263 e. The van der Waals surface area contributed by atoms with Crippen LogP contribution in [0.2, 0.25) is 0 Å². The molecule has 0 spiro atoms. The van der Waals surface area contributed by atoms with Gasteiger partial charge >= 0.3 is 0 Å². The van der Waals surface area contributed by atoms with E-state index in [4.69, 9.17) is 5.73 Å². The van der Waals surface area contributed by atoms with Crippen LogP contribution >= 0.6 is 11.3 Å². The molecule has 0 aromatic carbocycles. The summed E-state index contributed by atoms with van der Waals surface area (Å²) in [5, 5.41) is 3.15. The quantitative estimate of drug-likeness (QED) is 0.892. The van der Waals surface area contributed by atoms with Crippen molar-refractivity contribution < 1.29 is 4.79 Å². The number of fused-ring (bicyclic) bond motifs is 1. The lowest BCUT2D eigenvalue weighted by Crippen LogP contribution is -2.41. The van der Waals surface area contributed by atoms with Crippen LogP contribution in [0.15, 0.2) is 18.3 Å². The van der Waals surface area contributed by atoms with Crippen LogP contribution in [-0.4, -0.2) is 16.9 Å². The van der Waals surface area contributed by atoms with E-state index in [2.05, 4.69) is 24.1 Å². The summed E-state index contributed by atoms with van der Waals surface area (Å²) < 4.78 is 0.959. The van der Waals surface area contributed by atoms with E-state index in [0.29, 0.717) is 10.6 Å². The molecule has 2 aromatic rings. The lowest BCUT2D eigenvalue weighted by molar-refractivity contribution is 0.0915. The number of nitrogens with zero attached hydrogens (tertiary/aromatic N) is 1. The zero-order valence-electron chi connectivity index (χ0n) is 11.8. The largest absolute Gasteiger partial charge is 0.396 e. The predicted molar refractivity (Wildman–Crippen MR) is 82.9 cm³/mol. The fourth-order valence-corrected chi connectivity index (χ4v) is 3.92. The van der Waals surface area contributed by atoms with Crippen molar-refractivity contribution in [3.8, 4) is 0 Å². The third-order valence-corrected chi connectivity index (χ3v) is 5.41. The molecule has 1 aliphatic carbocycles. The number of thiophene rings is 1. The Kier molecular flexibility index (Phi) is 3.17. The lowest BCUT2D eigenvalue weighted by Gasteiger charge is -2.27. The maximum atomic E-state index is 12.5. The maximum absolute atomic E-state index is 12.5. The maximum Gasteiger partial charge on any atom is 0.263 e. The minimum Gasteiger partial charge on any atom is -0.396 e. The Morgan fingerprint density at radius 2 is 2.35 bits per heavy atom. The van der Waals surface area contributed by atoms with Gasteiger partial charge in [0.05, 0.1) is 10.4 Å².